The average Bonchev–Trinajstić information content (AvgIpc) is 2.89. The number of nitrogens with one attached hydrogen (secondary N) is 1. The number of nitrogens with zero attached hydrogens (tertiary/aromatic N) is 2. The topological polar surface area (TPSA) is 68.0 Å². The van der Waals surface area contributed by atoms with E-state index in [4.69, 9.17) is 16.0 Å². The first-order valence-corrected chi connectivity index (χ1v) is 6.34. The number of halogens is 1. The number of amides is 1. The van der Waals surface area contributed by atoms with Gasteiger partial charge in [-0.2, -0.15) is 0 Å². The highest BCUT2D eigenvalue weighted by atomic mass is 35.5. The van der Waals surface area contributed by atoms with Gasteiger partial charge >= 0.3 is 0 Å². The van der Waals surface area contributed by atoms with E-state index in [1.165, 1.54) is 12.4 Å². The van der Waals surface area contributed by atoms with Crippen molar-refractivity contribution in [3.05, 3.63) is 47.4 Å². The summed E-state index contributed by atoms with van der Waals surface area (Å²) in [5, 5.41) is 3.05. The molecular weight excluding hydrogens is 266 g/mol. The fourth-order valence-corrected chi connectivity index (χ4v) is 1.78. The number of carbonyl (C=O) groups is 1. The van der Waals surface area contributed by atoms with Crippen molar-refractivity contribution >= 4 is 17.5 Å². The van der Waals surface area contributed by atoms with E-state index >= 15 is 0 Å². The molecule has 19 heavy (non-hydrogen) atoms. The van der Waals surface area contributed by atoms with Crippen LogP contribution >= 0.6 is 11.6 Å². The summed E-state index contributed by atoms with van der Waals surface area (Å²) in [5.74, 6) is 0.630. The Morgan fingerprint density at radius 2 is 2.37 bits per heavy atom. The van der Waals surface area contributed by atoms with Gasteiger partial charge in [-0.15, -0.1) is 0 Å². The van der Waals surface area contributed by atoms with Gasteiger partial charge in [0.25, 0.3) is 5.91 Å². The van der Waals surface area contributed by atoms with Crippen LogP contribution in [-0.2, 0) is 6.42 Å². The summed E-state index contributed by atoms with van der Waals surface area (Å²) in [6.45, 7) is 1.93. The molecule has 2 aromatic rings. The Balaban J connectivity index is 1.84. The van der Waals surface area contributed by atoms with Crippen LogP contribution in [0.2, 0.25) is 5.15 Å². The third-order valence-electron chi connectivity index (χ3n) is 2.62. The van der Waals surface area contributed by atoms with E-state index in [0.29, 0.717) is 0 Å². The summed E-state index contributed by atoms with van der Waals surface area (Å²) in [6.07, 6.45) is 5.97. The molecule has 2 rings (SSSR count). The molecular formula is C13H14ClN3O2. The molecule has 0 bridgehead atoms. The van der Waals surface area contributed by atoms with E-state index < -0.39 is 0 Å². The van der Waals surface area contributed by atoms with Crippen molar-refractivity contribution in [2.75, 3.05) is 0 Å². The van der Waals surface area contributed by atoms with E-state index in [1.54, 1.807) is 6.26 Å². The zero-order valence-electron chi connectivity index (χ0n) is 10.5. The Labute approximate surface area is 116 Å². The van der Waals surface area contributed by atoms with Gasteiger partial charge in [0.15, 0.2) is 0 Å². The number of aromatic nitrogens is 2. The lowest BCUT2D eigenvalue weighted by atomic mass is 10.1. The Morgan fingerprint density at radius 3 is 3.05 bits per heavy atom. The number of hydrogen-bond acceptors (Lipinski definition) is 4. The van der Waals surface area contributed by atoms with Crippen molar-refractivity contribution in [3.8, 4) is 0 Å². The number of carbonyl (C=O) groups excluding carboxylic acids is 1. The maximum atomic E-state index is 11.9. The van der Waals surface area contributed by atoms with Crippen molar-refractivity contribution in [1.29, 1.82) is 0 Å². The summed E-state index contributed by atoms with van der Waals surface area (Å²) in [6, 6.07) is 3.77. The van der Waals surface area contributed by atoms with Crippen LogP contribution in [0.15, 0.2) is 35.2 Å². The van der Waals surface area contributed by atoms with E-state index in [9.17, 15) is 4.79 Å². The summed E-state index contributed by atoms with van der Waals surface area (Å²) in [5.41, 5.74) is 0.220. The first kappa shape index (κ1) is 13.5. The van der Waals surface area contributed by atoms with Gasteiger partial charge in [-0.3, -0.25) is 9.78 Å². The Bertz CT molecular complexity index is 543. The highest BCUT2D eigenvalue weighted by Crippen LogP contribution is 2.07. The second kappa shape index (κ2) is 6.33. The SMILES string of the molecule is CC(CCc1ccco1)NC(=O)c1cncc(Cl)n1. The summed E-state index contributed by atoms with van der Waals surface area (Å²) >= 11 is 5.69. The van der Waals surface area contributed by atoms with Crippen LogP contribution in [0, 0.1) is 0 Å². The minimum absolute atomic E-state index is 0.0124. The zero-order valence-corrected chi connectivity index (χ0v) is 11.2. The number of hydrogen-bond donors (Lipinski definition) is 1. The van der Waals surface area contributed by atoms with E-state index in [2.05, 4.69) is 15.3 Å². The molecule has 0 radical (unpaired) electrons. The molecule has 0 aliphatic carbocycles. The largest absolute Gasteiger partial charge is 0.469 e. The predicted molar refractivity (Wildman–Crippen MR) is 71.0 cm³/mol. The van der Waals surface area contributed by atoms with Crippen molar-refractivity contribution in [2.45, 2.75) is 25.8 Å². The molecule has 2 aromatic heterocycles. The molecule has 1 unspecified atom stereocenters. The highest BCUT2D eigenvalue weighted by molar-refractivity contribution is 6.29. The van der Waals surface area contributed by atoms with Gasteiger partial charge in [-0.1, -0.05) is 11.6 Å². The third kappa shape index (κ3) is 4.06. The Hall–Kier alpha value is -1.88. The molecule has 1 atom stereocenters. The number of aryl methyl sites for hydroxylation is 1. The van der Waals surface area contributed by atoms with Crippen LogP contribution in [0.4, 0.5) is 0 Å². The lowest BCUT2D eigenvalue weighted by molar-refractivity contribution is 0.0932. The van der Waals surface area contributed by atoms with Crippen LogP contribution < -0.4 is 5.32 Å². The molecule has 1 N–H and O–H groups in total. The van der Waals surface area contributed by atoms with Crippen LogP contribution in [0.1, 0.15) is 29.6 Å². The molecule has 6 heteroatoms. The van der Waals surface area contributed by atoms with Gasteiger partial charge in [0.1, 0.15) is 16.6 Å². The van der Waals surface area contributed by atoms with Crippen molar-refractivity contribution in [1.82, 2.24) is 15.3 Å². The predicted octanol–water partition coefficient (Wildman–Crippen LogP) is 2.47. The van der Waals surface area contributed by atoms with Gasteiger partial charge in [0.05, 0.1) is 18.7 Å². The Morgan fingerprint density at radius 1 is 1.53 bits per heavy atom. The summed E-state index contributed by atoms with van der Waals surface area (Å²) in [4.78, 5) is 19.6. The minimum atomic E-state index is -0.276. The zero-order chi connectivity index (χ0) is 13.7. The molecule has 0 spiro atoms. The van der Waals surface area contributed by atoms with Crippen LogP contribution in [0.25, 0.3) is 0 Å². The lowest BCUT2D eigenvalue weighted by Crippen LogP contribution is -2.33. The smallest absolute Gasteiger partial charge is 0.271 e. The Kier molecular flexibility index (Phi) is 4.52. The maximum Gasteiger partial charge on any atom is 0.271 e. The van der Waals surface area contributed by atoms with Crippen LogP contribution in [0.3, 0.4) is 0 Å². The molecule has 0 fully saturated rings. The van der Waals surface area contributed by atoms with Crippen molar-refractivity contribution in [3.63, 3.8) is 0 Å². The second-order valence-corrected chi connectivity index (χ2v) is 4.61. The van der Waals surface area contributed by atoms with Gasteiger partial charge in [0, 0.05) is 12.5 Å². The van der Waals surface area contributed by atoms with Gasteiger partial charge in [0.2, 0.25) is 0 Å². The molecule has 0 aliphatic rings. The first-order valence-electron chi connectivity index (χ1n) is 5.96. The molecule has 0 saturated carbocycles. The minimum Gasteiger partial charge on any atom is -0.469 e. The van der Waals surface area contributed by atoms with E-state index in [-0.39, 0.29) is 22.8 Å². The average molecular weight is 280 g/mol. The molecule has 0 aliphatic heterocycles. The molecule has 2 heterocycles. The molecule has 5 nitrogen and oxygen atoms in total. The second-order valence-electron chi connectivity index (χ2n) is 4.22. The number of rotatable bonds is 5. The lowest BCUT2D eigenvalue weighted by Gasteiger charge is -2.12. The van der Waals surface area contributed by atoms with Crippen molar-refractivity contribution < 1.29 is 9.21 Å². The van der Waals surface area contributed by atoms with Crippen LogP contribution in [0.5, 0.6) is 0 Å². The summed E-state index contributed by atoms with van der Waals surface area (Å²) in [7, 11) is 0. The molecule has 100 valence electrons. The first-order chi connectivity index (χ1) is 9.15. The fraction of sp³-hybridized carbons (Fsp3) is 0.308. The van der Waals surface area contributed by atoms with Gasteiger partial charge < -0.3 is 9.73 Å². The van der Waals surface area contributed by atoms with E-state index in [0.717, 1.165) is 18.6 Å². The quantitative estimate of drug-likeness (QED) is 0.913. The summed E-state index contributed by atoms with van der Waals surface area (Å²) < 4.78 is 5.24. The number of furan rings is 1. The molecule has 0 aromatic carbocycles. The maximum absolute atomic E-state index is 11.9. The van der Waals surface area contributed by atoms with E-state index in [1.807, 2.05) is 19.1 Å². The highest BCUT2D eigenvalue weighted by Gasteiger charge is 2.12. The third-order valence-corrected chi connectivity index (χ3v) is 2.80. The molecule has 1 amide bonds. The van der Waals surface area contributed by atoms with Gasteiger partial charge in [-0.05, 0) is 25.5 Å². The fourth-order valence-electron chi connectivity index (χ4n) is 1.64. The van der Waals surface area contributed by atoms with Gasteiger partial charge in [-0.25, -0.2) is 4.98 Å². The standard InChI is InChI=1S/C13H14ClN3O2/c1-9(4-5-10-3-2-6-19-10)16-13(18)11-7-15-8-12(14)17-11/h2-3,6-9H,4-5H2,1H3,(H,16,18). The monoisotopic (exact) mass is 279 g/mol. The molecule has 0 saturated heterocycles. The van der Waals surface area contributed by atoms with Crippen molar-refractivity contribution in [2.24, 2.45) is 0 Å². The normalized spacial score (nSPS) is 12.1. The van der Waals surface area contributed by atoms with Crippen LogP contribution in [-0.4, -0.2) is 21.9 Å².